The van der Waals surface area contributed by atoms with E-state index in [2.05, 4.69) is 16.1 Å². The lowest BCUT2D eigenvalue weighted by molar-refractivity contribution is 0.981. The van der Waals surface area contributed by atoms with E-state index >= 15 is 0 Å². The van der Waals surface area contributed by atoms with Crippen molar-refractivity contribution in [1.82, 2.24) is 0 Å². The number of allylic oxidation sites excluding steroid dienone is 1. The molecular formula is C6H11N3. The number of rotatable bonds is 3. The summed E-state index contributed by atoms with van der Waals surface area (Å²) in [6.07, 6.45) is 2.90. The summed E-state index contributed by atoms with van der Waals surface area (Å²) in [6.45, 7) is 4.62. The van der Waals surface area contributed by atoms with Crippen LogP contribution in [0.15, 0.2) is 16.8 Å². The highest BCUT2D eigenvalue weighted by Crippen LogP contribution is 1.92. The highest BCUT2D eigenvalue weighted by Gasteiger charge is 1.77. The van der Waals surface area contributed by atoms with Gasteiger partial charge >= 0.3 is 0 Å². The van der Waals surface area contributed by atoms with Crippen LogP contribution in [-0.2, 0) is 0 Å². The lowest BCUT2D eigenvalue weighted by Gasteiger charge is -1.85. The summed E-state index contributed by atoms with van der Waals surface area (Å²) >= 11 is 0. The Morgan fingerprint density at radius 2 is 2.33 bits per heavy atom. The van der Waals surface area contributed by atoms with Crippen molar-refractivity contribution in [2.75, 3.05) is 6.54 Å². The molecule has 0 aliphatic rings. The minimum Gasteiger partial charge on any atom is -0.0937 e. The maximum Gasteiger partial charge on any atom is 0.0292 e. The van der Waals surface area contributed by atoms with E-state index in [4.69, 9.17) is 5.53 Å². The number of nitrogens with zero attached hydrogens (tertiary/aromatic N) is 3. The Bertz CT molecular complexity index is 138. The third kappa shape index (κ3) is 7.05. The molecule has 0 aliphatic heterocycles. The Kier molecular flexibility index (Phi) is 4.64. The standard InChI is InChI=1S/C6H11N3/c1-6(2)4-3-5-8-9-7/h4H,3,5H2,1-2H3. The average molecular weight is 125 g/mol. The fourth-order valence-electron chi connectivity index (χ4n) is 0.456. The number of hydrogen-bond acceptors (Lipinski definition) is 1. The van der Waals surface area contributed by atoms with Gasteiger partial charge in [-0.05, 0) is 25.8 Å². The second kappa shape index (κ2) is 5.19. The van der Waals surface area contributed by atoms with Gasteiger partial charge in [-0.25, -0.2) is 0 Å². The molecule has 0 saturated heterocycles. The van der Waals surface area contributed by atoms with Crippen LogP contribution in [-0.4, -0.2) is 6.54 Å². The first-order valence-electron chi connectivity index (χ1n) is 2.91. The van der Waals surface area contributed by atoms with E-state index in [1.807, 2.05) is 13.8 Å². The summed E-state index contributed by atoms with van der Waals surface area (Å²) in [5.41, 5.74) is 9.14. The van der Waals surface area contributed by atoms with Crippen LogP contribution in [0.5, 0.6) is 0 Å². The fourth-order valence-corrected chi connectivity index (χ4v) is 0.456. The summed E-state index contributed by atoms with van der Waals surface area (Å²) in [7, 11) is 0. The zero-order valence-electron chi connectivity index (χ0n) is 5.83. The third-order valence-electron chi connectivity index (χ3n) is 0.845. The highest BCUT2D eigenvalue weighted by atomic mass is 15.1. The molecule has 0 saturated carbocycles. The number of hydrogen-bond donors (Lipinski definition) is 0. The molecule has 3 heteroatoms. The van der Waals surface area contributed by atoms with Gasteiger partial charge in [0.15, 0.2) is 0 Å². The van der Waals surface area contributed by atoms with Gasteiger partial charge in [0.1, 0.15) is 0 Å². The van der Waals surface area contributed by atoms with Gasteiger partial charge in [-0.1, -0.05) is 16.8 Å². The van der Waals surface area contributed by atoms with E-state index in [1.165, 1.54) is 5.57 Å². The minimum absolute atomic E-state index is 0.571. The average Bonchev–Trinajstić information content (AvgIpc) is 1.80. The topological polar surface area (TPSA) is 48.8 Å². The third-order valence-corrected chi connectivity index (χ3v) is 0.845. The normalized spacial score (nSPS) is 7.78. The first-order chi connectivity index (χ1) is 4.27. The van der Waals surface area contributed by atoms with Crippen LogP contribution in [0.1, 0.15) is 20.3 Å². The Balaban J connectivity index is 3.30. The van der Waals surface area contributed by atoms with Gasteiger partial charge in [-0.3, -0.25) is 0 Å². The van der Waals surface area contributed by atoms with Crippen molar-refractivity contribution in [3.63, 3.8) is 0 Å². The van der Waals surface area contributed by atoms with Gasteiger partial charge in [-0.2, -0.15) is 0 Å². The predicted octanol–water partition coefficient (Wildman–Crippen LogP) is 2.65. The quantitative estimate of drug-likeness (QED) is 0.183. The van der Waals surface area contributed by atoms with Gasteiger partial charge in [0.2, 0.25) is 0 Å². The Labute approximate surface area is 55.0 Å². The molecule has 0 heterocycles. The van der Waals surface area contributed by atoms with Crippen molar-refractivity contribution < 1.29 is 0 Å². The largest absolute Gasteiger partial charge is 0.0937 e. The van der Waals surface area contributed by atoms with E-state index in [9.17, 15) is 0 Å². The molecule has 0 aliphatic carbocycles. The van der Waals surface area contributed by atoms with Crippen molar-refractivity contribution in [3.05, 3.63) is 22.1 Å². The first kappa shape index (κ1) is 8.05. The van der Waals surface area contributed by atoms with E-state index in [0.29, 0.717) is 6.54 Å². The van der Waals surface area contributed by atoms with Crippen LogP contribution in [0.2, 0.25) is 0 Å². The zero-order chi connectivity index (χ0) is 7.11. The van der Waals surface area contributed by atoms with Crippen molar-refractivity contribution in [2.45, 2.75) is 20.3 Å². The molecule has 0 aromatic rings. The van der Waals surface area contributed by atoms with Crippen molar-refractivity contribution in [1.29, 1.82) is 0 Å². The molecule has 0 aromatic carbocycles. The van der Waals surface area contributed by atoms with E-state index in [1.54, 1.807) is 0 Å². The lowest BCUT2D eigenvalue weighted by Crippen LogP contribution is -1.73. The summed E-state index contributed by atoms with van der Waals surface area (Å²) in [5, 5.41) is 3.38. The van der Waals surface area contributed by atoms with Crippen LogP contribution in [0, 0.1) is 0 Å². The second-order valence-electron chi connectivity index (χ2n) is 2.02. The second-order valence-corrected chi connectivity index (χ2v) is 2.02. The van der Waals surface area contributed by atoms with E-state index in [-0.39, 0.29) is 0 Å². The Hall–Kier alpha value is -0.950. The molecule has 50 valence electrons. The molecule has 0 aromatic heterocycles. The summed E-state index contributed by atoms with van der Waals surface area (Å²) < 4.78 is 0. The zero-order valence-corrected chi connectivity index (χ0v) is 5.83. The van der Waals surface area contributed by atoms with Crippen molar-refractivity contribution >= 4 is 0 Å². The van der Waals surface area contributed by atoms with Crippen LogP contribution < -0.4 is 0 Å². The molecular weight excluding hydrogens is 114 g/mol. The maximum absolute atomic E-state index is 7.87. The Morgan fingerprint density at radius 3 is 2.78 bits per heavy atom. The highest BCUT2D eigenvalue weighted by molar-refractivity contribution is 4.92. The monoisotopic (exact) mass is 125 g/mol. The van der Waals surface area contributed by atoms with Crippen LogP contribution >= 0.6 is 0 Å². The van der Waals surface area contributed by atoms with Crippen LogP contribution in [0.25, 0.3) is 10.4 Å². The lowest BCUT2D eigenvalue weighted by atomic mass is 10.3. The molecule has 0 amide bonds. The first-order valence-corrected chi connectivity index (χ1v) is 2.91. The molecule has 0 fully saturated rings. The SMILES string of the molecule is CC(C)=CCCN=[N+]=[N-]. The molecule has 9 heavy (non-hydrogen) atoms. The summed E-state index contributed by atoms with van der Waals surface area (Å²) in [6, 6.07) is 0. The number of azide groups is 1. The fraction of sp³-hybridized carbons (Fsp3) is 0.667. The van der Waals surface area contributed by atoms with Crippen LogP contribution in [0.4, 0.5) is 0 Å². The smallest absolute Gasteiger partial charge is 0.0292 e. The van der Waals surface area contributed by atoms with Gasteiger partial charge in [0, 0.05) is 11.5 Å². The molecule has 0 unspecified atom stereocenters. The molecule has 0 spiro atoms. The van der Waals surface area contributed by atoms with Gasteiger partial charge in [-0.15, -0.1) is 0 Å². The maximum atomic E-state index is 7.87. The molecule has 0 atom stereocenters. The van der Waals surface area contributed by atoms with Gasteiger partial charge in [0.25, 0.3) is 0 Å². The van der Waals surface area contributed by atoms with Crippen molar-refractivity contribution in [2.24, 2.45) is 5.11 Å². The van der Waals surface area contributed by atoms with Crippen LogP contribution in [0.3, 0.4) is 0 Å². The van der Waals surface area contributed by atoms with Crippen molar-refractivity contribution in [3.8, 4) is 0 Å². The van der Waals surface area contributed by atoms with E-state index in [0.717, 1.165) is 6.42 Å². The molecule has 3 nitrogen and oxygen atoms in total. The van der Waals surface area contributed by atoms with Gasteiger partial charge < -0.3 is 0 Å². The summed E-state index contributed by atoms with van der Waals surface area (Å²) in [4.78, 5) is 2.63. The minimum atomic E-state index is 0.571. The molecule has 0 N–H and O–H groups in total. The molecule has 0 rings (SSSR count). The summed E-state index contributed by atoms with van der Waals surface area (Å²) in [5.74, 6) is 0. The Morgan fingerprint density at radius 1 is 1.67 bits per heavy atom. The van der Waals surface area contributed by atoms with E-state index < -0.39 is 0 Å². The predicted molar refractivity (Wildman–Crippen MR) is 38.1 cm³/mol. The molecule has 0 bridgehead atoms. The molecule has 0 radical (unpaired) electrons. The van der Waals surface area contributed by atoms with Gasteiger partial charge in [0.05, 0.1) is 0 Å².